The van der Waals surface area contributed by atoms with Crippen LogP contribution in [0.15, 0.2) is 35.1 Å². The van der Waals surface area contributed by atoms with Crippen molar-refractivity contribution in [2.24, 2.45) is 28.6 Å². The molecule has 0 N–H and O–H groups in total. The predicted molar refractivity (Wildman–Crippen MR) is 133 cm³/mol. The van der Waals surface area contributed by atoms with Crippen LogP contribution in [-0.2, 0) is 23.9 Å². The van der Waals surface area contributed by atoms with Gasteiger partial charge in [-0.05, 0) is 89.9 Å². The Kier molecular flexibility index (Phi) is 7.64. The topological polar surface area (TPSA) is 69.7 Å². The van der Waals surface area contributed by atoms with Crippen molar-refractivity contribution < 1.29 is 23.9 Å². The van der Waals surface area contributed by atoms with Crippen LogP contribution in [0.3, 0.4) is 0 Å². The highest BCUT2D eigenvalue weighted by molar-refractivity contribution is 6.10. The van der Waals surface area contributed by atoms with Gasteiger partial charge in [-0.3, -0.25) is 14.4 Å². The Morgan fingerprint density at radius 3 is 2.47 bits per heavy atom. The molecule has 2 saturated carbocycles. The van der Waals surface area contributed by atoms with Gasteiger partial charge in [0.2, 0.25) is 0 Å². The zero-order valence-electron chi connectivity index (χ0n) is 22.1. The molecule has 0 spiro atoms. The summed E-state index contributed by atoms with van der Waals surface area (Å²) in [6.07, 6.45) is 7.94. The number of carbonyl (C=O) groups is 3. The average molecular weight is 471 g/mol. The van der Waals surface area contributed by atoms with Gasteiger partial charge in [-0.1, -0.05) is 37.6 Å². The molecule has 2 aliphatic carbocycles. The molecular weight excluding hydrogens is 428 g/mol. The van der Waals surface area contributed by atoms with Gasteiger partial charge in [-0.25, -0.2) is 0 Å². The Morgan fingerprint density at radius 2 is 1.85 bits per heavy atom. The maximum Gasteiger partial charge on any atom is 0.321 e. The number of fused-ring (bicyclic) bond motifs is 1. The maximum absolute atomic E-state index is 13.0. The average Bonchev–Trinajstić information content (AvgIpc) is 2.73. The van der Waals surface area contributed by atoms with Crippen molar-refractivity contribution >= 4 is 17.7 Å². The van der Waals surface area contributed by atoms with Crippen molar-refractivity contribution in [3.63, 3.8) is 0 Å². The normalized spacial score (nSPS) is 36.0. The molecule has 0 saturated heterocycles. The third-order valence-electron chi connectivity index (χ3n) is 9.08. The number of allylic oxidation sites excluding steroid dienone is 5. The van der Waals surface area contributed by atoms with E-state index in [1.165, 1.54) is 12.5 Å². The van der Waals surface area contributed by atoms with Gasteiger partial charge in [0.1, 0.15) is 17.8 Å². The van der Waals surface area contributed by atoms with Crippen LogP contribution in [-0.4, -0.2) is 23.8 Å². The Hall–Kier alpha value is -2.17. The molecule has 0 aromatic rings. The molecule has 0 amide bonds. The molecule has 0 radical (unpaired) electrons. The molecule has 1 unspecified atom stereocenters. The van der Waals surface area contributed by atoms with E-state index in [1.807, 2.05) is 0 Å². The van der Waals surface area contributed by atoms with Crippen LogP contribution in [0.5, 0.6) is 0 Å². The maximum atomic E-state index is 13.0. The van der Waals surface area contributed by atoms with E-state index >= 15 is 0 Å². The number of ether oxygens (including phenoxy) is 2. The smallest absolute Gasteiger partial charge is 0.321 e. The van der Waals surface area contributed by atoms with E-state index in [0.717, 1.165) is 44.1 Å². The molecule has 5 nitrogen and oxygen atoms in total. The molecule has 34 heavy (non-hydrogen) atoms. The fourth-order valence-electron chi connectivity index (χ4n) is 7.09. The molecular formula is C29H42O5. The van der Waals surface area contributed by atoms with Crippen LogP contribution < -0.4 is 0 Å². The molecule has 188 valence electrons. The molecule has 1 aliphatic heterocycles. The summed E-state index contributed by atoms with van der Waals surface area (Å²) in [5, 5.41) is 0. The fourth-order valence-corrected chi connectivity index (χ4v) is 7.09. The molecule has 1 heterocycles. The largest absolute Gasteiger partial charge is 0.462 e. The molecule has 2 fully saturated rings. The number of ketones is 1. The lowest BCUT2D eigenvalue weighted by molar-refractivity contribution is -0.180. The first-order valence-electron chi connectivity index (χ1n) is 12.7. The molecule has 0 aromatic carbocycles. The number of carbonyl (C=O) groups excluding carboxylic acids is 3. The second-order valence-corrected chi connectivity index (χ2v) is 11.5. The van der Waals surface area contributed by atoms with Gasteiger partial charge in [-0.2, -0.15) is 0 Å². The van der Waals surface area contributed by atoms with E-state index in [0.29, 0.717) is 23.7 Å². The lowest BCUT2D eigenvalue weighted by atomic mass is 9.45. The molecule has 6 atom stereocenters. The van der Waals surface area contributed by atoms with Crippen LogP contribution in [0.1, 0.15) is 93.4 Å². The molecule has 3 rings (SSSR count). The molecule has 5 heteroatoms. The van der Waals surface area contributed by atoms with Crippen LogP contribution >= 0.6 is 0 Å². The van der Waals surface area contributed by atoms with Gasteiger partial charge in [0, 0.05) is 17.9 Å². The van der Waals surface area contributed by atoms with E-state index in [4.69, 9.17) is 9.47 Å². The molecule has 0 aromatic heterocycles. The highest BCUT2D eigenvalue weighted by Crippen LogP contribution is 2.64. The van der Waals surface area contributed by atoms with Crippen LogP contribution in [0.25, 0.3) is 0 Å². The lowest BCUT2D eigenvalue weighted by Gasteiger charge is -2.61. The van der Waals surface area contributed by atoms with Crippen LogP contribution in [0.4, 0.5) is 0 Å². The van der Waals surface area contributed by atoms with E-state index < -0.39 is 11.9 Å². The van der Waals surface area contributed by atoms with Crippen LogP contribution in [0.2, 0.25) is 0 Å². The van der Waals surface area contributed by atoms with Gasteiger partial charge in [-0.15, -0.1) is 0 Å². The Morgan fingerprint density at radius 1 is 1.18 bits per heavy atom. The highest BCUT2D eigenvalue weighted by atomic mass is 16.5. The summed E-state index contributed by atoms with van der Waals surface area (Å²) in [6.45, 7) is 18.1. The summed E-state index contributed by atoms with van der Waals surface area (Å²) < 4.78 is 11.3. The Balaban J connectivity index is 1.96. The van der Waals surface area contributed by atoms with E-state index in [1.54, 1.807) is 13.8 Å². The third kappa shape index (κ3) is 4.81. The Labute approximate surface area is 205 Å². The van der Waals surface area contributed by atoms with Crippen molar-refractivity contribution in [2.75, 3.05) is 0 Å². The standard InChI is InChI=1S/C29H42O5/c1-17(2)10-9-14-29(8)24-12-11-18(3)23(28(24,7)15-13-25(29)34-21(6)30)16-22-26(31)19(4)20(5)33-27(22)32/h10,22-25H,3,9,11-16H2,1-2,4-8H3/t22?,23-,24-,25+,28-,29+/m1/s1. The van der Waals surface area contributed by atoms with Gasteiger partial charge < -0.3 is 9.47 Å². The fraction of sp³-hybridized carbons (Fsp3) is 0.690. The number of esters is 2. The summed E-state index contributed by atoms with van der Waals surface area (Å²) in [5.41, 5.74) is 2.64. The zero-order valence-corrected chi connectivity index (χ0v) is 22.1. The summed E-state index contributed by atoms with van der Waals surface area (Å²) in [6, 6.07) is 0. The van der Waals surface area contributed by atoms with E-state index in [-0.39, 0.29) is 34.6 Å². The minimum Gasteiger partial charge on any atom is -0.462 e. The highest BCUT2D eigenvalue weighted by Gasteiger charge is 2.59. The van der Waals surface area contributed by atoms with Crippen molar-refractivity contribution in [2.45, 2.75) is 99.5 Å². The summed E-state index contributed by atoms with van der Waals surface area (Å²) in [7, 11) is 0. The van der Waals surface area contributed by atoms with Crippen molar-refractivity contribution in [3.05, 3.63) is 35.1 Å². The Bertz CT molecular complexity index is 936. The minimum atomic E-state index is -0.774. The van der Waals surface area contributed by atoms with Gasteiger partial charge in [0.25, 0.3) is 0 Å². The first kappa shape index (κ1) is 26.4. The van der Waals surface area contributed by atoms with Crippen LogP contribution in [0, 0.1) is 28.6 Å². The summed E-state index contributed by atoms with van der Waals surface area (Å²) in [4.78, 5) is 37.8. The predicted octanol–water partition coefficient (Wildman–Crippen LogP) is 6.48. The third-order valence-corrected chi connectivity index (χ3v) is 9.08. The molecule has 3 aliphatic rings. The first-order valence-corrected chi connectivity index (χ1v) is 12.7. The first-order chi connectivity index (χ1) is 15.8. The minimum absolute atomic E-state index is 0.0417. The molecule has 0 bridgehead atoms. The van der Waals surface area contributed by atoms with Crippen molar-refractivity contribution in [1.82, 2.24) is 0 Å². The number of Topliss-reactive ketones (excluding diaryl/α,β-unsaturated/α-hetero) is 1. The number of rotatable bonds is 6. The van der Waals surface area contributed by atoms with Crippen molar-refractivity contribution in [1.29, 1.82) is 0 Å². The quantitative estimate of drug-likeness (QED) is 0.252. The van der Waals surface area contributed by atoms with E-state index in [2.05, 4.69) is 40.3 Å². The van der Waals surface area contributed by atoms with E-state index in [9.17, 15) is 14.4 Å². The summed E-state index contributed by atoms with van der Waals surface area (Å²) >= 11 is 0. The second kappa shape index (κ2) is 9.83. The number of hydrogen-bond acceptors (Lipinski definition) is 5. The van der Waals surface area contributed by atoms with Gasteiger partial charge >= 0.3 is 11.9 Å². The van der Waals surface area contributed by atoms with Gasteiger partial charge in [0.15, 0.2) is 5.78 Å². The SMILES string of the molecule is C=C1CC[C@H]2[C@](C)(CCC=C(C)C)[C@@H](OC(C)=O)CC[C@]2(C)[C@@H]1CC1C(=O)OC(C)=C(C)C1=O. The number of cyclic esters (lactones) is 1. The second-order valence-electron chi connectivity index (χ2n) is 11.5. The van der Waals surface area contributed by atoms with Crippen molar-refractivity contribution in [3.8, 4) is 0 Å². The lowest BCUT2D eigenvalue weighted by Crippen LogP contribution is -2.57. The monoisotopic (exact) mass is 470 g/mol. The summed E-state index contributed by atoms with van der Waals surface area (Å²) in [5.74, 6) is -0.811. The zero-order chi connectivity index (χ0) is 25.4. The van der Waals surface area contributed by atoms with Gasteiger partial charge in [0.05, 0.1) is 0 Å². The number of hydrogen-bond donors (Lipinski definition) is 0.